The third-order valence-electron chi connectivity index (χ3n) is 4.70. The molecule has 5 rings (SSSR count). The minimum Gasteiger partial charge on any atom is -0.406 e. The summed E-state index contributed by atoms with van der Waals surface area (Å²) in [6, 6.07) is 10.0. The summed E-state index contributed by atoms with van der Waals surface area (Å²) in [6.07, 6.45) is -0.922. The lowest BCUT2D eigenvalue weighted by Gasteiger charge is -2.10. The number of benzene rings is 2. The topological polar surface area (TPSA) is 54.9 Å². The highest BCUT2D eigenvalue weighted by atomic mass is 35.5. The minimum atomic E-state index is -4.74. The van der Waals surface area contributed by atoms with Gasteiger partial charge >= 0.3 is 6.36 Å². The van der Waals surface area contributed by atoms with Gasteiger partial charge in [-0.25, -0.2) is 4.98 Å². The number of fused-ring (bicyclic) bond motifs is 2. The maximum absolute atomic E-state index is 12.5. The van der Waals surface area contributed by atoms with Crippen LogP contribution in [0.3, 0.4) is 0 Å². The van der Waals surface area contributed by atoms with Gasteiger partial charge in [0.25, 0.3) is 0 Å². The molecule has 9 heteroatoms. The molecule has 1 aliphatic rings. The second-order valence-electron chi connectivity index (χ2n) is 6.75. The summed E-state index contributed by atoms with van der Waals surface area (Å²) in [7, 11) is 0. The van der Waals surface area contributed by atoms with Crippen LogP contribution in [0.2, 0.25) is 5.02 Å². The number of halogens is 4. The molecule has 1 aliphatic carbocycles. The van der Waals surface area contributed by atoms with E-state index in [1.54, 1.807) is 12.1 Å². The Kier molecular flexibility index (Phi) is 3.74. The third-order valence-corrected chi connectivity index (χ3v) is 4.93. The van der Waals surface area contributed by atoms with Crippen molar-refractivity contribution in [2.45, 2.75) is 25.2 Å². The van der Waals surface area contributed by atoms with Crippen LogP contribution in [0.1, 0.15) is 18.9 Å². The standard InChI is InChI=1S/C19H14ClF3N4O/c20-10-1-5-14-13(7-10)16(9-24-14)26-18-25-15-8-12(28-19(21,22)23)4-6-17(15)27(18)11-2-3-11/h1,4-9,11,24H,2-3H2,(H,25,26). The summed E-state index contributed by atoms with van der Waals surface area (Å²) in [6.45, 7) is 0. The molecule has 0 aliphatic heterocycles. The highest BCUT2D eigenvalue weighted by Crippen LogP contribution is 2.42. The Hall–Kier alpha value is -2.87. The number of nitrogens with one attached hydrogen (secondary N) is 2. The Balaban J connectivity index is 1.58. The molecular formula is C19H14ClF3N4O. The highest BCUT2D eigenvalue weighted by Gasteiger charge is 2.32. The first-order valence-electron chi connectivity index (χ1n) is 8.69. The lowest BCUT2D eigenvalue weighted by Crippen LogP contribution is -2.17. The maximum Gasteiger partial charge on any atom is 0.573 e. The van der Waals surface area contributed by atoms with Gasteiger partial charge in [0.2, 0.25) is 5.95 Å². The Labute approximate surface area is 162 Å². The Morgan fingerprint density at radius 2 is 2.00 bits per heavy atom. The number of aromatic nitrogens is 3. The lowest BCUT2D eigenvalue weighted by atomic mass is 10.2. The molecule has 2 aromatic heterocycles. The van der Waals surface area contributed by atoms with E-state index in [4.69, 9.17) is 11.6 Å². The van der Waals surface area contributed by atoms with E-state index in [2.05, 4.69) is 20.0 Å². The van der Waals surface area contributed by atoms with Crippen molar-refractivity contribution in [2.24, 2.45) is 0 Å². The van der Waals surface area contributed by atoms with Crippen LogP contribution in [-0.4, -0.2) is 20.9 Å². The fraction of sp³-hybridized carbons (Fsp3) is 0.211. The minimum absolute atomic E-state index is 0.274. The number of alkyl halides is 3. The molecule has 2 heterocycles. The molecule has 0 unspecified atom stereocenters. The number of hydrogen-bond donors (Lipinski definition) is 2. The summed E-state index contributed by atoms with van der Waals surface area (Å²) in [5.74, 6) is 0.286. The fourth-order valence-corrected chi connectivity index (χ4v) is 3.56. The molecule has 4 aromatic rings. The van der Waals surface area contributed by atoms with Crippen LogP contribution in [0.15, 0.2) is 42.6 Å². The number of imidazole rings is 1. The van der Waals surface area contributed by atoms with Crippen LogP contribution in [-0.2, 0) is 0 Å². The summed E-state index contributed by atoms with van der Waals surface area (Å²) in [5, 5.41) is 4.82. The first kappa shape index (κ1) is 17.2. The Bertz CT molecular complexity index is 1190. The zero-order valence-electron chi connectivity index (χ0n) is 14.3. The van der Waals surface area contributed by atoms with Crippen LogP contribution in [0.25, 0.3) is 21.9 Å². The summed E-state index contributed by atoms with van der Waals surface area (Å²) in [4.78, 5) is 7.69. The van der Waals surface area contributed by atoms with E-state index >= 15 is 0 Å². The van der Waals surface area contributed by atoms with E-state index in [1.807, 2.05) is 22.9 Å². The van der Waals surface area contributed by atoms with Crippen LogP contribution >= 0.6 is 11.6 Å². The van der Waals surface area contributed by atoms with Gasteiger partial charge in [0.1, 0.15) is 5.75 Å². The molecule has 5 nitrogen and oxygen atoms in total. The molecule has 0 spiro atoms. The Morgan fingerprint density at radius 1 is 1.18 bits per heavy atom. The van der Waals surface area contributed by atoms with Gasteiger partial charge in [0, 0.05) is 34.2 Å². The van der Waals surface area contributed by atoms with Crippen LogP contribution < -0.4 is 10.1 Å². The van der Waals surface area contributed by atoms with Gasteiger partial charge in [0.05, 0.1) is 16.7 Å². The zero-order chi connectivity index (χ0) is 19.5. The number of anilines is 2. The highest BCUT2D eigenvalue weighted by molar-refractivity contribution is 6.31. The van der Waals surface area contributed by atoms with E-state index in [0.717, 1.165) is 34.9 Å². The normalized spacial score (nSPS) is 14.7. The molecule has 2 N–H and O–H groups in total. The molecule has 1 fully saturated rings. The number of ether oxygens (including phenoxy) is 1. The molecule has 28 heavy (non-hydrogen) atoms. The van der Waals surface area contributed by atoms with Crippen molar-refractivity contribution in [2.75, 3.05) is 5.32 Å². The van der Waals surface area contributed by atoms with E-state index in [9.17, 15) is 13.2 Å². The number of rotatable bonds is 4. The van der Waals surface area contributed by atoms with Gasteiger partial charge in [-0.05, 0) is 43.2 Å². The first-order valence-corrected chi connectivity index (χ1v) is 9.06. The predicted molar refractivity (Wildman–Crippen MR) is 101 cm³/mol. The van der Waals surface area contributed by atoms with Crippen molar-refractivity contribution in [1.29, 1.82) is 0 Å². The average Bonchev–Trinajstić information content (AvgIpc) is 3.29. The molecule has 1 saturated carbocycles. The summed E-state index contributed by atoms with van der Waals surface area (Å²) < 4.78 is 43.6. The second-order valence-corrected chi connectivity index (χ2v) is 7.19. The van der Waals surface area contributed by atoms with Gasteiger partial charge in [-0.15, -0.1) is 13.2 Å². The molecule has 144 valence electrons. The largest absolute Gasteiger partial charge is 0.573 e. The molecule has 0 saturated heterocycles. The van der Waals surface area contributed by atoms with Crippen molar-refractivity contribution in [3.63, 3.8) is 0 Å². The van der Waals surface area contributed by atoms with E-state index < -0.39 is 6.36 Å². The van der Waals surface area contributed by atoms with Gasteiger partial charge in [-0.3, -0.25) is 0 Å². The van der Waals surface area contributed by atoms with Gasteiger partial charge in [0.15, 0.2) is 0 Å². The molecule has 2 aromatic carbocycles. The van der Waals surface area contributed by atoms with Crippen molar-refractivity contribution in [3.05, 3.63) is 47.6 Å². The number of aromatic amines is 1. The third kappa shape index (κ3) is 3.13. The molecule has 0 bridgehead atoms. The van der Waals surface area contributed by atoms with Crippen molar-refractivity contribution in [1.82, 2.24) is 14.5 Å². The van der Waals surface area contributed by atoms with Crippen LogP contribution in [0.4, 0.5) is 24.8 Å². The SMILES string of the molecule is FC(F)(F)Oc1ccc2c(c1)nc(Nc1c[nH]c3ccc(Cl)cc13)n2C1CC1. The fourth-order valence-electron chi connectivity index (χ4n) is 3.38. The molecule has 0 amide bonds. The van der Waals surface area contributed by atoms with Crippen molar-refractivity contribution in [3.8, 4) is 5.75 Å². The molecular weight excluding hydrogens is 393 g/mol. The molecule has 0 radical (unpaired) electrons. The van der Waals surface area contributed by atoms with Crippen LogP contribution in [0.5, 0.6) is 5.75 Å². The van der Waals surface area contributed by atoms with E-state index in [-0.39, 0.29) is 11.8 Å². The first-order chi connectivity index (χ1) is 13.4. The smallest absolute Gasteiger partial charge is 0.406 e. The number of hydrogen-bond acceptors (Lipinski definition) is 3. The Morgan fingerprint density at radius 3 is 2.75 bits per heavy atom. The quantitative estimate of drug-likeness (QED) is 0.427. The summed E-state index contributed by atoms with van der Waals surface area (Å²) in [5.41, 5.74) is 2.91. The van der Waals surface area contributed by atoms with Gasteiger partial charge in [-0.2, -0.15) is 0 Å². The monoisotopic (exact) mass is 406 g/mol. The molecule has 0 atom stereocenters. The van der Waals surface area contributed by atoms with E-state index in [1.165, 1.54) is 12.1 Å². The van der Waals surface area contributed by atoms with Crippen molar-refractivity contribution >= 4 is 45.2 Å². The number of H-pyrrole nitrogens is 1. The lowest BCUT2D eigenvalue weighted by molar-refractivity contribution is -0.274. The van der Waals surface area contributed by atoms with Gasteiger partial charge < -0.3 is 19.6 Å². The predicted octanol–water partition coefficient (Wildman–Crippen LogP) is 6.15. The van der Waals surface area contributed by atoms with Crippen molar-refractivity contribution < 1.29 is 17.9 Å². The summed E-state index contributed by atoms with van der Waals surface area (Å²) >= 11 is 6.11. The average molecular weight is 407 g/mol. The second kappa shape index (κ2) is 6.07. The maximum atomic E-state index is 12.5. The van der Waals surface area contributed by atoms with Gasteiger partial charge in [-0.1, -0.05) is 11.6 Å². The van der Waals surface area contributed by atoms with E-state index in [0.29, 0.717) is 16.5 Å². The van der Waals surface area contributed by atoms with Crippen LogP contribution in [0, 0.1) is 0 Å². The number of nitrogens with zero attached hydrogens (tertiary/aromatic N) is 2. The zero-order valence-corrected chi connectivity index (χ0v) is 15.1.